The molecule has 0 radical (unpaired) electrons. The fraction of sp³-hybridized carbons (Fsp3) is 0.200. The van der Waals surface area contributed by atoms with Gasteiger partial charge in [0, 0.05) is 25.0 Å². The Balaban J connectivity index is 2.17. The van der Waals surface area contributed by atoms with Crippen molar-refractivity contribution < 1.29 is 4.79 Å². The first kappa shape index (κ1) is 10.3. The zero-order valence-corrected chi connectivity index (χ0v) is 8.77. The molecule has 0 fully saturated rings. The Morgan fingerprint density at radius 3 is 2.88 bits per heavy atom. The van der Waals surface area contributed by atoms with Gasteiger partial charge in [-0.15, -0.1) is 0 Å². The van der Waals surface area contributed by atoms with Crippen LogP contribution >= 0.6 is 0 Å². The predicted octanol–water partition coefficient (Wildman–Crippen LogP) is 0.155. The van der Waals surface area contributed by atoms with Gasteiger partial charge in [-0.2, -0.15) is 5.10 Å². The number of carbonyl (C=O) groups excluding carboxylic acids is 1. The van der Waals surface area contributed by atoms with Crippen LogP contribution in [0.1, 0.15) is 5.82 Å². The van der Waals surface area contributed by atoms with Crippen LogP contribution in [0.5, 0.6) is 0 Å². The largest absolute Gasteiger partial charge is 0.359 e. The average Bonchev–Trinajstić information content (AvgIpc) is 2.78. The van der Waals surface area contributed by atoms with Gasteiger partial charge in [0.15, 0.2) is 5.82 Å². The molecule has 2 aromatic rings. The van der Waals surface area contributed by atoms with Crippen molar-refractivity contribution in [2.24, 2.45) is 0 Å². The lowest BCUT2D eigenvalue weighted by atomic mass is 10.2. The lowest BCUT2D eigenvalue weighted by Crippen LogP contribution is -2.20. The Morgan fingerprint density at radius 1 is 1.44 bits per heavy atom. The molecule has 0 aliphatic carbocycles. The standard InChI is InChI=1S/C10H11N5O/c1-11-9(16)6-8-13-10(15-14-8)7-2-4-12-5-3-7/h2-5H,6H2,1H3,(H,11,16)(H,13,14,15). The number of H-pyrrole nitrogens is 1. The minimum Gasteiger partial charge on any atom is -0.359 e. The smallest absolute Gasteiger partial charge is 0.227 e. The maximum absolute atomic E-state index is 11.1. The van der Waals surface area contributed by atoms with Crippen LogP contribution in [0.4, 0.5) is 0 Å². The van der Waals surface area contributed by atoms with Gasteiger partial charge in [0.1, 0.15) is 5.82 Å². The highest BCUT2D eigenvalue weighted by molar-refractivity contribution is 5.77. The van der Waals surface area contributed by atoms with E-state index in [0.717, 1.165) is 5.56 Å². The Hall–Kier alpha value is -2.24. The molecule has 82 valence electrons. The van der Waals surface area contributed by atoms with Crippen molar-refractivity contribution in [3.05, 3.63) is 30.4 Å². The normalized spacial score (nSPS) is 10.1. The second kappa shape index (κ2) is 4.52. The van der Waals surface area contributed by atoms with Crippen LogP contribution in [0.2, 0.25) is 0 Å². The highest BCUT2D eigenvalue weighted by Crippen LogP contribution is 2.12. The lowest BCUT2D eigenvalue weighted by Gasteiger charge is -1.94. The second-order valence-corrected chi connectivity index (χ2v) is 3.19. The summed E-state index contributed by atoms with van der Waals surface area (Å²) in [4.78, 5) is 19.2. The van der Waals surface area contributed by atoms with Crippen molar-refractivity contribution in [2.75, 3.05) is 7.05 Å². The molecule has 0 atom stereocenters. The van der Waals surface area contributed by atoms with Gasteiger partial charge in [0.05, 0.1) is 6.42 Å². The third-order valence-corrected chi connectivity index (χ3v) is 2.08. The summed E-state index contributed by atoms with van der Waals surface area (Å²) in [5, 5.41) is 9.28. The number of nitrogens with zero attached hydrogens (tertiary/aromatic N) is 3. The molecule has 2 aromatic heterocycles. The highest BCUT2D eigenvalue weighted by Gasteiger charge is 2.08. The van der Waals surface area contributed by atoms with E-state index in [4.69, 9.17) is 0 Å². The first-order chi connectivity index (χ1) is 7.79. The monoisotopic (exact) mass is 217 g/mol. The van der Waals surface area contributed by atoms with Crippen molar-refractivity contribution in [3.63, 3.8) is 0 Å². The molecule has 6 heteroatoms. The summed E-state index contributed by atoms with van der Waals surface area (Å²) in [5.74, 6) is 1.02. The van der Waals surface area contributed by atoms with Crippen LogP contribution < -0.4 is 5.32 Å². The topological polar surface area (TPSA) is 83.6 Å². The Labute approximate surface area is 92.1 Å². The molecule has 2 rings (SSSR count). The fourth-order valence-electron chi connectivity index (χ4n) is 1.24. The predicted molar refractivity (Wildman–Crippen MR) is 57.4 cm³/mol. The van der Waals surface area contributed by atoms with E-state index in [0.29, 0.717) is 11.6 Å². The summed E-state index contributed by atoms with van der Waals surface area (Å²) in [5.41, 5.74) is 0.870. The van der Waals surface area contributed by atoms with E-state index in [1.165, 1.54) is 0 Å². The van der Waals surface area contributed by atoms with Gasteiger partial charge in [0.25, 0.3) is 0 Å². The van der Waals surface area contributed by atoms with Crippen LogP contribution in [-0.4, -0.2) is 33.1 Å². The summed E-state index contributed by atoms with van der Waals surface area (Å²) in [6.45, 7) is 0. The van der Waals surface area contributed by atoms with Crippen LogP contribution in [0.15, 0.2) is 24.5 Å². The van der Waals surface area contributed by atoms with E-state index >= 15 is 0 Å². The molecule has 0 aromatic carbocycles. The quantitative estimate of drug-likeness (QED) is 0.766. The average molecular weight is 217 g/mol. The molecule has 0 spiro atoms. The van der Waals surface area contributed by atoms with Crippen molar-refractivity contribution in [3.8, 4) is 11.4 Å². The zero-order chi connectivity index (χ0) is 11.4. The van der Waals surface area contributed by atoms with Crippen molar-refractivity contribution >= 4 is 5.91 Å². The van der Waals surface area contributed by atoms with Gasteiger partial charge < -0.3 is 5.32 Å². The zero-order valence-electron chi connectivity index (χ0n) is 8.77. The van der Waals surface area contributed by atoms with Gasteiger partial charge in [-0.25, -0.2) is 4.98 Å². The van der Waals surface area contributed by atoms with E-state index in [-0.39, 0.29) is 12.3 Å². The Morgan fingerprint density at radius 2 is 2.19 bits per heavy atom. The first-order valence-corrected chi connectivity index (χ1v) is 4.82. The molecule has 2 N–H and O–H groups in total. The fourth-order valence-corrected chi connectivity index (χ4v) is 1.24. The number of aromatic amines is 1. The van der Waals surface area contributed by atoms with E-state index < -0.39 is 0 Å². The second-order valence-electron chi connectivity index (χ2n) is 3.19. The minimum absolute atomic E-state index is 0.0996. The Kier molecular flexibility index (Phi) is 2.90. The van der Waals surface area contributed by atoms with E-state index in [2.05, 4.69) is 25.5 Å². The van der Waals surface area contributed by atoms with Crippen LogP contribution in [-0.2, 0) is 11.2 Å². The van der Waals surface area contributed by atoms with E-state index in [1.54, 1.807) is 19.4 Å². The molecule has 0 saturated heterocycles. The molecule has 6 nitrogen and oxygen atoms in total. The molecule has 0 aliphatic rings. The van der Waals surface area contributed by atoms with E-state index in [1.807, 2.05) is 12.1 Å². The number of likely N-dealkylation sites (N-methyl/N-ethyl adjacent to an activating group) is 1. The molecule has 0 unspecified atom stereocenters. The number of hydrogen-bond acceptors (Lipinski definition) is 4. The molecule has 16 heavy (non-hydrogen) atoms. The number of nitrogens with one attached hydrogen (secondary N) is 2. The highest BCUT2D eigenvalue weighted by atomic mass is 16.1. The molecular weight excluding hydrogens is 206 g/mol. The molecule has 0 saturated carbocycles. The Bertz CT molecular complexity index is 479. The first-order valence-electron chi connectivity index (χ1n) is 4.82. The number of hydrogen-bond donors (Lipinski definition) is 2. The van der Waals surface area contributed by atoms with Crippen molar-refractivity contribution in [2.45, 2.75) is 6.42 Å². The maximum Gasteiger partial charge on any atom is 0.227 e. The van der Waals surface area contributed by atoms with Crippen molar-refractivity contribution in [1.82, 2.24) is 25.5 Å². The van der Waals surface area contributed by atoms with Gasteiger partial charge in [0.2, 0.25) is 5.91 Å². The van der Waals surface area contributed by atoms with Crippen molar-refractivity contribution in [1.29, 1.82) is 0 Å². The molecule has 0 aliphatic heterocycles. The SMILES string of the molecule is CNC(=O)Cc1nc(-c2ccncc2)n[nH]1. The molecule has 1 amide bonds. The summed E-state index contributed by atoms with van der Waals surface area (Å²) in [6.07, 6.45) is 3.54. The van der Waals surface area contributed by atoms with E-state index in [9.17, 15) is 4.79 Å². The number of amides is 1. The third-order valence-electron chi connectivity index (χ3n) is 2.08. The summed E-state index contributed by atoms with van der Waals surface area (Å²) >= 11 is 0. The van der Waals surface area contributed by atoms with Gasteiger partial charge in [-0.05, 0) is 12.1 Å². The van der Waals surface area contributed by atoms with Gasteiger partial charge in [-0.3, -0.25) is 14.9 Å². The summed E-state index contributed by atoms with van der Waals surface area (Å²) < 4.78 is 0. The third kappa shape index (κ3) is 2.22. The number of rotatable bonds is 3. The van der Waals surface area contributed by atoms with Crippen LogP contribution in [0, 0.1) is 0 Å². The maximum atomic E-state index is 11.1. The van der Waals surface area contributed by atoms with Gasteiger partial charge >= 0.3 is 0 Å². The molecule has 0 bridgehead atoms. The van der Waals surface area contributed by atoms with Crippen LogP contribution in [0.3, 0.4) is 0 Å². The number of pyridine rings is 1. The number of aromatic nitrogens is 4. The van der Waals surface area contributed by atoms with Crippen LogP contribution in [0.25, 0.3) is 11.4 Å². The number of carbonyl (C=O) groups is 1. The molecule has 2 heterocycles. The molecular formula is C10H11N5O. The minimum atomic E-state index is -0.0996. The van der Waals surface area contributed by atoms with Gasteiger partial charge in [-0.1, -0.05) is 0 Å². The summed E-state index contributed by atoms with van der Waals surface area (Å²) in [6, 6.07) is 3.62. The summed E-state index contributed by atoms with van der Waals surface area (Å²) in [7, 11) is 1.59. The lowest BCUT2D eigenvalue weighted by molar-refractivity contribution is -0.120.